The molecule has 2 unspecified atom stereocenters. The van der Waals surface area contributed by atoms with Gasteiger partial charge in [-0.25, -0.2) is 8.42 Å². The SMILES string of the molecule is CCCNC(CCCS(C)(=O)=O)CCC(C)OC. The lowest BCUT2D eigenvalue weighted by Crippen LogP contribution is -2.31. The molecule has 0 heterocycles. The highest BCUT2D eigenvalue weighted by Crippen LogP contribution is 2.10. The summed E-state index contributed by atoms with van der Waals surface area (Å²) in [6, 6.07) is 0.407. The van der Waals surface area contributed by atoms with Crippen molar-refractivity contribution >= 4 is 9.84 Å². The van der Waals surface area contributed by atoms with Gasteiger partial charge in [0.1, 0.15) is 9.84 Å². The van der Waals surface area contributed by atoms with E-state index in [1.165, 1.54) is 6.26 Å². The highest BCUT2D eigenvalue weighted by atomic mass is 32.2. The molecule has 0 aromatic rings. The fourth-order valence-electron chi connectivity index (χ4n) is 1.84. The Bertz CT molecular complexity index is 291. The van der Waals surface area contributed by atoms with Crippen LogP contribution >= 0.6 is 0 Å². The van der Waals surface area contributed by atoms with E-state index in [0.717, 1.165) is 38.6 Å². The molecule has 1 N–H and O–H groups in total. The monoisotopic (exact) mass is 279 g/mol. The molecule has 0 saturated heterocycles. The van der Waals surface area contributed by atoms with Crippen LogP contribution in [-0.2, 0) is 14.6 Å². The Balaban J connectivity index is 3.98. The molecule has 5 heteroatoms. The summed E-state index contributed by atoms with van der Waals surface area (Å²) in [7, 11) is -1.10. The maximum absolute atomic E-state index is 11.1. The minimum Gasteiger partial charge on any atom is -0.382 e. The molecule has 0 aromatic carbocycles. The zero-order chi connectivity index (χ0) is 14.0. The van der Waals surface area contributed by atoms with E-state index in [1.54, 1.807) is 7.11 Å². The molecule has 0 aliphatic carbocycles. The van der Waals surface area contributed by atoms with Crippen molar-refractivity contribution in [2.24, 2.45) is 0 Å². The third-order valence-corrected chi connectivity index (χ3v) is 4.11. The lowest BCUT2D eigenvalue weighted by molar-refractivity contribution is 0.105. The van der Waals surface area contributed by atoms with Crippen molar-refractivity contribution in [1.29, 1.82) is 0 Å². The van der Waals surface area contributed by atoms with Crippen molar-refractivity contribution in [1.82, 2.24) is 5.32 Å². The Labute approximate surface area is 112 Å². The molecule has 0 aliphatic rings. The Morgan fingerprint density at radius 1 is 1.22 bits per heavy atom. The van der Waals surface area contributed by atoms with Crippen molar-refractivity contribution in [3.8, 4) is 0 Å². The van der Waals surface area contributed by atoms with Crippen molar-refractivity contribution in [2.45, 2.75) is 58.1 Å². The summed E-state index contributed by atoms with van der Waals surface area (Å²) in [6.07, 6.45) is 6.38. The summed E-state index contributed by atoms with van der Waals surface area (Å²) in [5.74, 6) is 0.289. The minimum absolute atomic E-state index is 0.269. The summed E-state index contributed by atoms with van der Waals surface area (Å²) >= 11 is 0. The zero-order valence-corrected chi connectivity index (χ0v) is 13.1. The van der Waals surface area contributed by atoms with Gasteiger partial charge < -0.3 is 10.1 Å². The molecule has 0 rings (SSSR count). The first-order chi connectivity index (χ1) is 8.39. The van der Waals surface area contributed by atoms with Gasteiger partial charge in [-0.1, -0.05) is 6.92 Å². The number of hydrogen-bond donors (Lipinski definition) is 1. The third kappa shape index (κ3) is 11.0. The Hall–Kier alpha value is -0.130. The summed E-state index contributed by atoms with van der Waals surface area (Å²) in [5.41, 5.74) is 0. The maximum atomic E-state index is 11.1. The average Bonchev–Trinajstić information content (AvgIpc) is 2.29. The summed E-state index contributed by atoms with van der Waals surface area (Å²) in [5, 5.41) is 3.48. The first-order valence-corrected chi connectivity index (χ1v) is 8.89. The highest BCUT2D eigenvalue weighted by Gasteiger charge is 2.11. The molecule has 0 radical (unpaired) electrons. The normalized spacial score (nSPS) is 15.6. The van der Waals surface area contributed by atoms with Crippen LogP contribution in [-0.4, -0.2) is 46.2 Å². The molecule has 18 heavy (non-hydrogen) atoms. The molecule has 0 aliphatic heterocycles. The second-order valence-corrected chi connectivity index (χ2v) is 7.31. The van der Waals surface area contributed by atoms with Crippen LogP contribution in [0.4, 0.5) is 0 Å². The van der Waals surface area contributed by atoms with Crippen LogP contribution in [0.3, 0.4) is 0 Å². The molecule has 0 aromatic heterocycles. The van der Waals surface area contributed by atoms with E-state index in [4.69, 9.17) is 4.74 Å². The largest absolute Gasteiger partial charge is 0.382 e. The Morgan fingerprint density at radius 3 is 2.39 bits per heavy atom. The fourth-order valence-corrected chi connectivity index (χ4v) is 2.53. The predicted molar refractivity (Wildman–Crippen MR) is 76.7 cm³/mol. The van der Waals surface area contributed by atoms with Crippen LogP contribution < -0.4 is 5.32 Å². The molecule has 0 bridgehead atoms. The quantitative estimate of drug-likeness (QED) is 0.628. The molecule has 4 nitrogen and oxygen atoms in total. The van der Waals surface area contributed by atoms with E-state index < -0.39 is 9.84 Å². The van der Waals surface area contributed by atoms with Gasteiger partial charge in [0.2, 0.25) is 0 Å². The second kappa shape index (κ2) is 9.75. The lowest BCUT2D eigenvalue weighted by Gasteiger charge is -2.20. The number of rotatable bonds is 11. The van der Waals surface area contributed by atoms with Crippen LogP contribution in [0.25, 0.3) is 0 Å². The fraction of sp³-hybridized carbons (Fsp3) is 1.00. The van der Waals surface area contributed by atoms with E-state index in [1.807, 2.05) is 0 Å². The van der Waals surface area contributed by atoms with Gasteiger partial charge >= 0.3 is 0 Å². The van der Waals surface area contributed by atoms with Crippen LogP contribution in [0, 0.1) is 0 Å². The summed E-state index contributed by atoms with van der Waals surface area (Å²) < 4.78 is 27.4. The lowest BCUT2D eigenvalue weighted by atomic mass is 10.0. The number of nitrogens with one attached hydrogen (secondary N) is 1. The number of methoxy groups -OCH3 is 1. The zero-order valence-electron chi connectivity index (χ0n) is 12.2. The van der Waals surface area contributed by atoms with E-state index in [0.29, 0.717) is 6.04 Å². The molecule has 0 saturated carbocycles. The number of ether oxygens (including phenoxy) is 1. The van der Waals surface area contributed by atoms with Gasteiger partial charge in [-0.2, -0.15) is 0 Å². The van der Waals surface area contributed by atoms with Crippen molar-refractivity contribution in [3.05, 3.63) is 0 Å². The minimum atomic E-state index is -2.83. The van der Waals surface area contributed by atoms with Gasteiger partial charge in [0.05, 0.1) is 6.10 Å². The molecule has 0 spiro atoms. The van der Waals surface area contributed by atoms with E-state index >= 15 is 0 Å². The molecule has 0 amide bonds. The van der Waals surface area contributed by atoms with Crippen LogP contribution in [0.5, 0.6) is 0 Å². The van der Waals surface area contributed by atoms with E-state index in [2.05, 4.69) is 19.2 Å². The van der Waals surface area contributed by atoms with Gasteiger partial charge in [-0.15, -0.1) is 0 Å². The van der Waals surface area contributed by atoms with Gasteiger partial charge in [0.25, 0.3) is 0 Å². The topological polar surface area (TPSA) is 55.4 Å². The molecule has 0 fully saturated rings. The average molecular weight is 279 g/mol. The first-order valence-electron chi connectivity index (χ1n) is 6.83. The van der Waals surface area contributed by atoms with Crippen molar-refractivity contribution in [3.63, 3.8) is 0 Å². The summed E-state index contributed by atoms with van der Waals surface area (Å²) in [4.78, 5) is 0. The second-order valence-electron chi connectivity index (χ2n) is 5.05. The Morgan fingerprint density at radius 2 is 1.89 bits per heavy atom. The van der Waals surface area contributed by atoms with Crippen LogP contribution in [0.15, 0.2) is 0 Å². The number of hydrogen-bond acceptors (Lipinski definition) is 4. The Kier molecular flexibility index (Phi) is 9.68. The van der Waals surface area contributed by atoms with E-state index in [-0.39, 0.29) is 11.9 Å². The van der Waals surface area contributed by atoms with Crippen LogP contribution in [0.1, 0.15) is 46.0 Å². The highest BCUT2D eigenvalue weighted by molar-refractivity contribution is 7.90. The van der Waals surface area contributed by atoms with Crippen molar-refractivity contribution in [2.75, 3.05) is 25.7 Å². The standard InChI is InChI=1S/C13H29NO3S/c1-5-10-14-13(9-8-12(2)17-3)7-6-11-18(4,15)16/h12-14H,5-11H2,1-4H3. The molecule has 110 valence electrons. The van der Waals surface area contributed by atoms with Gasteiger partial charge in [-0.3, -0.25) is 0 Å². The van der Waals surface area contributed by atoms with E-state index in [9.17, 15) is 8.42 Å². The predicted octanol–water partition coefficient (Wildman–Crippen LogP) is 1.99. The van der Waals surface area contributed by atoms with Crippen molar-refractivity contribution < 1.29 is 13.2 Å². The third-order valence-electron chi connectivity index (χ3n) is 3.07. The van der Waals surface area contributed by atoms with Gasteiger partial charge in [0.15, 0.2) is 0 Å². The molecular formula is C13H29NO3S. The van der Waals surface area contributed by atoms with Crippen LogP contribution in [0.2, 0.25) is 0 Å². The first kappa shape index (κ1) is 17.9. The summed E-state index contributed by atoms with van der Waals surface area (Å²) in [6.45, 7) is 5.19. The number of sulfone groups is 1. The molecule has 2 atom stereocenters. The maximum Gasteiger partial charge on any atom is 0.147 e. The van der Waals surface area contributed by atoms with Gasteiger partial charge in [0, 0.05) is 25.2 Å². The van der Waals surface area contributed by atoms with Gasteiger partial charge in [-0.05, 0) is 45.6 Å². The molecular weight excluding hydrogens is 250 g/mol. The smallest absolute Gasteiger partial charge is 0.147 e.